The zero-order valence-corrected chi connectivity index (χ0v) is 30.5. The first-order valence-corrected chi connectivity index (χ1v) is 18.3. The Kier molecular flexibility index (Phi) is 11.5. The van der Waals surface area contributed by atoms with Crippen molar-refractivity contribution in [3.8, 4) is 22.6 Å². The average molecular weight is 805 g/mol. The van der Waals surface area contributed by atoms with Gasteiger partial charge in [0.25, 0.3) is 11.8 Å². The molecule has 3 amide bonds. The van der Waals surface area contributed by atoms with Gasteiger partial charge in [0.05, 0.1) is 16.5 Å². The summed E-state index contributed by atoms with van der Waals surface area (Å²) in [5.41, 5.74) is 3.11. The number of halogens is 3. The van der Waals surface area contributed by atoms with Gasteiger partial charge in [-0.05, 0) is 78.9 Å². The van der Waals surface area contributed by atoms with Crippen molar-refractivity contribution in [2.45, 2.75) is 4.90 Å². The minimum atomic E-state index is -0.543. The van der Waals surface area contributed by atoms with E-state index in [0.717, 1.165) is 20.5 Å². The molecule has 0 aliphatic heterocycles. The van der Waals surface area contributed by atoms with Gasteiger partial charge in [-0.2, -0.15) is 0 Å². The Labute approximate surface area is 314 Å². The quantitative estimate of drug-likeness (QED) is 0.0888. The number of aromatic nitrogens is 1. The summed E-state index contributed by atoms with van der Waals surface area (Å²) in [4.78, 5) is 44.4. The van der Waals surface area contributed by atoms with Crippen LogP contribution in [0.3, 0.4) is 0 Å². The summed E-state index contributed by atoms with van der Waals surface area (Å²) in [5, 5.41) is 11.6. The largest absolute Gasteiger partial charge is 0.457 e. The van der Waals surface area contributed by atoms with Crippen LogP contribution < -0.4 is 16.0 Å². The van der Waals surface area contributed by atoms with Crippen molar-refractivity contribution in [1.29, 1.82) is 0 Å². The molecule has 0 unspecified atom stereocenters. The Bertz CT molecular complexity index is 2190. The van der Waals surface area contributed by atoms with Gasteiger partial charge in [0.2, 0.25) is 5.91 Å². The van der Waals surface area contributed by atoms with Crippen LogP contribution in [0.1, 0.15) is 16.1 Å². The molecule has 0 aliphatic rings. The molecule has 2 heterocycles. The topological polar surface area (TPSA) is 113 Å². The summed E-state index contributed by atoms with van der Waals surface area (Å²) in [6.07, 6.45) is 1.48. The zero-order chi connectivity index (χ0) is 35.0. The zero-order valence-electron chi connectivity index (χ0n) is 25.8. The molecule has 0 bridgehead atoms. The maximum atomic E-state index is 13.5. The van der Waals surface area contributed by atoms with Gasteiger partial charge in [0.1, 0.15) is 17.2 Å². The lowest BCUT2D eigenvalue weighted by molar-refractivity contribution is -0.114. The number of thiazole rings is 1. The smallest absolute Gasteiger partial charge is 0.272 e. The van der Waals surface area contributed by atoms with Crippen molar-refractivity contribution in [2.24, 2.45) is 0 Å². The van der Waals surface area contributed by atoms with E-state index in [9.17, 15) is 14.4 Å². The van der Waals surface area contributed by atoms with Crippen molar-refractivity contribution in [3.05, 3.63) is 146 Å². The van der Waals surface area contributed by atoms with Crippen molar-refractivity contribution in [3.63, 3.8) is 0 Å². The molecule has 0 atom stereocenters. The van der Waals surface area contributed by atoms with Crippen molar-refractivity contribution >= 4 is 96.8 Å². The first kappa shape index (κ1) is 35.2. The van der Waals surface area contributed by atoms with E-state index in [1.54, 1.807) is 84.9 Å². The van der Waals surface area contributed by atoms with Gasteiger partial charge < -0.3 is 20.4 Å². The maximum absolute atomic E-state index is 13.5. The van der Waals surface area contributed by atoms with Crippen LogP contribution >= 0.6 is 62.2 Å². The van der Waals surface area contributed by atoms with E-state index in [2.05, 4.69) is 36.9 Å². The van der Waals surface area contributed by atoms with E-state index >= 15 is 0 Å². The summed E-state index contributed by atoms with van der Waals surface area (Å²) in [5.74, 6) is -0.0712. The molecule has 0 saturated heterocycles. The summed E-state index contributed by atoms with van der Waals surface area (Å²) >= 11 is 18.3. The maximum Gasteiger partial charge on any atom is 0.272 e. The van der Waals surface area contributed by atoms with Crippen molar-refractivity contribution in [1.82, 2.24) is 10.3 Å². The number of benzene rings is 4. The molecule has 2 aromatic heterocycles. The van der Waals surface area contributed by atoms with Crippen LogP contribution in [0.5, 0.6) is 0 Å². The van der Waals surface area contributed by atoms with E-state index in [4.69, 9.17) is 27.6 Å². The van der Waals surface area contributed by atoms with E-state index in [-0.39, 0.29) is 17.4 Å². The Morgan fingerprint density at radius 2 is 1.64 bits per heavy atom. The number of carbonyl (C=O) groups is 3. The van der Waals surface area contributed by atoms with Crippen LogP contribution in [0.25, 0.3) is 28.7 Å². The molecule has 0 radical (unpaired) electrons. The van der Waals surface area contributed by atoms with Gasteiger partial charge in [0.15, 0.2) is 5.13 Å². The number of hydrogen-bond donors (Lipinski definition) is 3. The molecular formula is C37H25BrCl2N4O4S2. The number of nitrogens with one attached hydrogen (secondary N) is 3. The highest BCUT2D eigenvalue weighted by Gasteiger charge is 2.17. The van der Waals surface area contributed by atoms with E-state index in [1.165, 1.54) is 29.2 Å². The standard InChI is InChI=1S/C37H25BrCl2N4O4S2/c38-24-8-6-22(7-9-24)33-17-13-27(48-33)19-31(42-35(46)23-4-2-1-3-5-23)36(47)41-26-11-14-28(15-12-26)49-21-34(45)44-37-43-32(20-50-37)29-16-10-25(39)18-30(29)40/h1-20H,21H2,(H,41,47)(H,42,46)(H,43,44,45). The fourth-order valence-electron chi connectivity index (χ4n) is 4.57. The number of carbonyl (C=O) groups excluding carboxylic acids is 3. The van der Waals surface area contributed by atoms with Crippen LogP contribution in [-0.4, -0.2) is 28.5 Å². The normalized spacial score (nSPS) is 11.2. The van der Waals surface area contributed by atoms with Gasteiger partial charge in [-0.3, -0.25) is 14.4 Å². The molecule has 0 fully saturated rings. The molecule has 13 heteroatoms. The lowest BCUT2D eigenvalue weighted by Crippen LogP contribution is -2.30. The minimum Gasteiger partial charge on any atom is -0.457 e. The second-order valence-electron chi connectivity index (χ2n) is 10.6. The summed E-state index contributed by atoms with van der Waals surface area (Å²) in [7, 11) is 0. The third-order valence-electron chi connectivity index (χ3n) is 7.01. The third-order valence-corrected chi connectivity index (χ3v) is 9.86. The molecule has 250 valence electrons. The number of nitrogens with zero attached hydrogens (tertiary/aromatic N) is 1. The molecule has 6 aromatic rings. The Hall–Kier alpha value is -4.65. The number of furan rings is 1. The number of rotatable bonds is 11. The molecule has 50 heavy (non-hydrogen) atoms. The van der Waals surface area contributed by atoms with E-state index < -0.39 is 11.8 Å². The lowest BCUT2D eigenvalue weighted by Gasteiger charge is -2.11. The number of hydrogen-bond acceptors (Lipinski definition) is 7. The number of anilines is 2. The highest BCUT2D eigenvalue weighted by Crippen LogP contribution is 2.33. The second-order valence-corrected chi connectivity index (χ2v) is 14.2. The summed E-state index contributed by atoms with van der Waals surface area (Å²) in [6, 6.07) is 31.9. The Morgan fingerprint density at radius 1 is 0.880 bits per heavy atom. The predicted octanol–water partition coefficient (Wildman–Crippen LogP) is 10.3. The van der Waals surface area contributed by atoms with Crippen molar-refractivity contribution < 1.29 is 18.8 Å². The van der Waals surface area contributed by atoms with Gasteiger partial charge in [-0.1, -0.05) is 69.5 Å². The molecule has 0 aliphatic carbocycles. The van der Waals surface area contributed by atoms with Gasteiger partial charge in [0, 0.05) is 48.2 Å². The van der Waals surface area contributed by atoms with E-state index in [1.807, 2.05) is 29.6 Å². The highest BCUT2D eigenvalue weighted by atomic mass is 79.9. The predicted molar refractivity (Wildman–Crippen MR) is 206 cm³/mol. The molecular weight excluding hydrogens is 779 g/mol. The van der Waals surface area contributed by atoms with Crippen LogP contribution in [-0.2, 0) is 9.59 Å². The number of thioether (sulfide) groups is 1. The fourth-order valence-corrected chi connectivity index (χ4v) is 6.77. The SMILES string of the molecule is O=C(CSc1ccc(NC(=O)C(=Cc2ccc(-c3ccc(Br)cc3)o2)NC(=O)c2ccccc2)cc1)Nc1nc(-c2ccc(Cl)cc2Cl)cs1. The van der Waals surface area contributed by atoms with Gasteiger partial charge in [-0.25, -0.2) is 4.98 Å². The molecule has 0 saturated carbocycles. The molecule has 4 aromatic carbocycles. The first-order chi connectivity index (χ1) is 24.2. The van der Waals surface area contributed by atoms with Gasteiger partial charge in [-0.15, -0.1) is 23.1 Å². The first-order valence-electron chi connectivity index (χ1n) is 14.9. The Balaban J connectivity index is 1.09. The summed E-state index contributed by atoms with van der Waals surface area (Å²) in [6.45, 7) is 0. The third kappa shape index (κ3) is 9.32. The molecule has 0 spiro atoms. The molecule has 8 nitrogen and oxygen atoms in total. The summed E-state index contributed by atoms with van der Waals surface area (Å²) < 4.78 is 6.93. The van der Waals surface area contributed by atoms with Crippen LogP contribution in [0, 0.1) is 0 Å². The lowest BCUT2D eigenvalue weighted by atomic mass is 10.2. The average Bonchev–Trinajstić information content (AvgIpc) is 3.78. The number of amides is 3. The minimum absolute atomic E-state index is 0.00522. The highest BCUT2D eigenvalue weighted by molar-refractivity contribution is 9.10. The van der Waals surface area contributed by atoms with Crippen LogP contribution in [0.15, 0.2) is 134 Å². The van der Waals surface area contributed by atoms with Gasteiger partial charge >= 0.3 is 0 Å². The van der Waals surface area contributed by atoms with Crippen LogP contribution in [0.4, 0.5) is 10.8 Å². The Morgan fingerprint density at radius 3 is 2.38 bits per heavy atom. The van der Waals surface area contributed by atoms with Crippen LogP contribution in [0.2, 0.25) is 10.0 Å². The molecule has 3 N–H and O–H groups in total. The van der Waals surface area contributed by atoms with Crippen molar-refractivity contribution in [2.75, 3.05) is 16.4 Å². The second kappa shape index (κ2) is 16.4. The monoisotopic (exact) mass is 802 g/mol. The molecule has 6 rings (SSSR count). The van der Waals surface area contributed by atoms with E-state index in [0.29, 0.717) is 43.6 Å². The fraction of sp³-hybridized carbons (Fsp3) is 0.0270.